The fourth-order valence-corrected chi connectivity index (χ4v) is 4.88. The Kier molecular flexibility index (Phi) is 7.41. The number of nitrogens with two attached hydrogens (primary N) is 1. The van der Waals surface area contributed by atoms with E-state index in [0.29, 0.717) is 23.5 Å². The number of hydrogen-bond acceptors (Lipinski definition) is 8. The Hall–Kier alpha value is -2.67. The number of hydrogen-bond donors (Lipinski definition) is 2. The Balaban J connectivity index is 1.45. The lowest BCUT2D eigenvalue weighted by atomic mass is 10.1. The van der Waals surface area contributed by atoms with Crippen LogP contribution in [0.4, 0.5) is 5.82 Å². The molecule has 1 aromatic carbocycles. The quantitative estimate of drug-likeness (QED) is 0.388. The van der Waals surface area contributed by atoms with Crippen molar-refractivity contribution in [2.24, 2.45) is 11.1 Å². The van der Waals surface area contributed by atoms with Gasteiger partial charge in [-0.25, -0.2) is 15.1 Å². The van der Waals surface area contributed by atoms with E-state index in [-0.39, 0.29) is 30.4 Å². The largest absolute Gasteiger partial charge is 0.367 e. The van der Waals surface area contributed by atoms with Gasteiger partial charge in [-0.05, 0) is 55.9 Å². The average molecular weight is 549 g/mol. The molecule has 0 saturated heterocycles. The van der Waals surface area contributed by atoms with Gasteiger partial charge in [-0.15, -0.1) is 0 Å². The van der Waals surface area contributed by atoms with E-state index in [9.17, 15) is 13.2 Å². The fourth-order valence-electron chi connectivity index (χ4n) is 4.08. The molecule has 2 heterocycles. The zero-order chi connectivity index (χ0) is 24.3. The number of rotatable bonds is 9. The molecule has 1 saturated carbocycles. The number of aromatic nitrogens is 4. The van der Waals surface area contributed by atoms with Crippen LogP contribution in [0.5, 0.6) is 0 Å². The van der Waals surface area contributed by atoms with E-state index in [1.807, 2.05) is 31.2 Å². The molecular formula is C22H25BrN6O4S. The van der Waals surface area contributed by atoms with Gasteiger partial charge >= 0.3 is 10.3 Å². The predicted molar refractivity (Wildman–Crippen MR) is 129 cm³/mol. The van der Waals surface area contributed by atoms with E-state index < -0.39 is 10.3 Å². The average Bonchev–Trinajstić information content (AvgIpc) is 3.47. The molecule has 0 amide bonds. The fraction of sp³-hybridized carbons (Fsp3) is 0.364. The summed E-state index contributed by atoms with van der Waals surface area (Å²) in [5.74, 6) is 0.190. The number of anilines is 1. The summed E-state index contributed by atoms with van der Waals surface area (Å²) in [5, 5.41) is 12.7. The first-order chi connectivity index (χ1) is 16.2. The molecule has 0 bridgehead atoms. The van der Waals surface area contributed by atoms with Crippen LogP contribution in [0.15, 0.2) is 53.5 Å². The van der Waals surface area contributed by atoms with E-state index >= 15 is 0 Å². The SMILES string of the molecule is CC(c1cccc(Br)c1)n1ccc(C(=O)c2cncnc2NC2CCC(COS(N)(=O)=O)C2)n1. The summed E-state index contributed by atoms with van der Waals surface area (Å²) in [5.41, 5.74) is 1.68. The Morgan fingerprint density at radius 2 is 2.18 bits per heavy atom. The van der Waals surface area contributed by atoms with Gasteiger partial charge in [-0.1, -0.05) is 28.1 Å². The summed E-state index contributed by atoms with van der Waals surface area (Å²) in [4.78, 5) is 21.5. The van der Waals surface area contributed by atoms with E-state index in [0.717, 1.165) is 22.9 Å². The van der Waals surface area contributed by atoms with Crippen molar-refractivity contribution in [3.8, 4) is 0 Å². The molecule has 1 aliphatic rings. The van der Waals surface area contributed by atoms with Crippen LogP contribution in [0, 0.1) is 5.92 Å². The molecular weight excluding hydrogens is 524 g/mol. The lowest BCUT2D eigenvalue weighted by Gasteiger charge is -2.16. The van der Waals surface area contributed by atoms with Gasteiger partial charge < -0.3 is 5.32 Å². The van der Waals surface area contributed by atoms with Gasteiger partial charge in [0, 0.05) is 22.9 Å². The van der Waals surface area contributed by atoms with Gasteiger partial charge in [-0.3, -0.25) is 13.7 Å². The van der Waals surface area contributed by atoms with Crippen molar-refractivity contribution in [3.05, 3.63) is 70.3 Å². The number of nitrogens with zero attached hydrogens (tertiary/aromatic N) is 4. The van der Waals surface area contributed by atoms with Gasteiger partial charge in [0.15, 0.2) is 0 Å². The summed E-state index contributed by atoms with van der Waals surface area (Å²) >= 11 is 3.48. The minimum absolute atomic E-state index is 0.0182. The highest BCUT2D eigenvalue weighted by molar-refractivity contribution is 9.10. The molecule has 2 aromatic heterocycles. The molecule has 180 valence electrons. The third kappa shape index (κ3) is 6.06. The first-order valence-electron chi connectivity index (χ1n) is 10.8. The molecule has 4 rings (SSSR count). The van der Waals surface area contributed by atoms with Crippen LogP contribution in [0.25, 0.3) is 0 Å². The Labute approximate surface area is 206 Å². The maximum absolute atomic E-state index is 13.2. The minimum Gasteiger partial charge on any atom is -0.367 e. The maximum atomic E-state index is 13.2. The Bertz CT molecular complexity index is 1280. The van der Waals surface area contributed by atoms with Crippen molar-refractivity contribution >= 4 is 37.8 Å². The Morgan fingerprint density at radius 1 is 1.35 bits per heavy atom. The van der Waals surface area contributed by atoms with Crippen molar-refractivity contribution in [1.82, 2.24) is 19.7 Å². The van der Waals surface area contributed by atoms with Crippen LogP contribution in [0.2, 0.25) is 0 Å². The number of carbonyl (C=O) groups excluding carboxylic acids is 1. The molecule has 3 aromatic rings. The summed E-state index contributed by atoms with van der Waals surface area (Å²) in [6, 6.07) is 9.59. The van der Waals surface area contributed by atoms with E-state index in [1.54, 1.807) is 16.9 Å². The normalized spacial score (nSPS) is 19.1. The lowest BCUT2D eigenvalue weighted by molar-refractivity contribution is 0.103. The standard InChI is InChI=1S/C22H25BrN6O4S/c1-14(16-3-2-4-17(23)10-16)29-8-7-20(28-29)21(30)19-11-25-13-26-22(19)27-18-6-5-15(9-18)12-33-34(24,31)32/h2-4,7-8,10-11,13-15,18H,5-6,9,12H2,1H3,(H2,24,31,32)(H,25,26,27). The molecule has 34 heavy (non-hydrogen) atoms. The maximum Gasteiger partial charge on any atom is 0.333 e. The van der Waals surface area contributed by atoms with Crippen LogP contribution < -0.4 is 10.5 Å². The Morgan fingerprint density at radius 3 is 2.94 bits per heavy atom. The third-order valence-corrected chi connectivity index (χ3v) is 6.83. The van der Waals surface area contributed by atoms with Crippen LogP contribution in [0.3, 0.4) is 0 Å². The minimum atomic E-state index is -3.96. The number of benzene rings is 1. The molecule has 10 nitrogen and oxygen atoms in total. The van der Waals surface area contributed by atoms with Crippen molar-refractivity contribution in [2.75, 3.05) is 11.9 Å². The molecule has 0 radical (unpaired) electrons. The van der Waals surface area contributed by atoms with E-state index in [1.165, 1.54) is 12.5 Å². The monoisotopic (exact) mass is 548 g/mol. The zero-order valence-electron chi connectivity index (χ0n) is 18.5. The first kappa shape index (κ1) is 24.5. The second-order valence-corrected chi connectivity index (χ2v) is 10.5. The topological polar surface area (TPSA) is 142 Å². The van der Waals surface area contributed by atoms with E-state index in [2.05, 4.69) is 36.3 Å². The second-order valence-electron chi connectivity index (χ2n) is 8.32. The van der Waals surface area contributed by atoms with Crippen molar-refractivity contribution in [2.45, 2.75) is 38.3 Å². The summed E-state index contributed by atoms with van der Waals surface area (Å²) in [6.07, 6.45) is 6.87. The second kappa shape index (κ2) is 10.3. The highest BCUT2D eigenvalue weighted by atomic mass is 79.9. The van der Waals surface area contributed by atoms with Gasteiger partial charge in [0.1, 0.15) is 17.8 Å². The molecule has 3 atom stereocenters. The summed E-state index contributed by atoms with van der Waals surface area (Å²) < 4.78 is 29.5. The van der Waals surface area contributed by atoms with Crippen molar-refractivity contribution < 1.29 is 17.4 Å². The van der Waals surface area contributed by atoms with Crippen LogP contribution in [0.1, 0.15) is 53.8 Å². The van der Waals surface area contributed by atoms with Crippen molar-refractivity contribution in [1.29, 1.82) is 0 Å². The molecule has 1 fully saturated rings. The lowest BCUT2D eigenvalue weighted by Crippen LogP contribution is -2.22. The molecule has 3 unspecified atom stereocenters. The highest BCUT2D eigenvalue weighted by Crippen LogP contribution is 2.29. The zero-order valence-corrected chi connectivity index (χ0v) is 20.9. The smallest absolute Gasteiger partial charge is 0.333 e. The molecule has 12 heteroatoms. The van der Waals surface area contributed by atoms with Crippen LogP contribution in [-0.4, -0.2) is 46.6 Å². The van der Waals surface area contributed by atoms with E-state index in [4.69, 9.17) is 9.32 Å². The number of nitrogens with one attached hydrogen (secondary N) is 1. The highest BCUT2D eigenvalue weighted by Gasteiger charge is 2.28. The summed E-state index contributed by atoms with van der Waals surface area (Å²) in [7, 11) is -3.96. The number of ketones is 1. The van der Waals surface area contributed by atoms with Crippen LogP contribution >= 0.6 is 15.9 Å². The number of carbonyl (C=O) groups is 1. The molecule has 0 aliphatic heterocycles. The van der Waals surface area contributed by atoms with Gasteiger partial charge in [0.05, 0.1) is 18.2 Å². The summed E-state index contributed by atoms with van der Waals surface area (Å²) in [6.45, 7) is 2.05. The third-order valence-electron chi connectivity index (χ3n) is 5.88. The van der Waals surface area contributed by atoms with Gasteiger partial charge in [0.25, 0.3) is 0 Å². The van der Waals surface area contributed by atoms with Crippen molar-refractivity contribution in [3.63, 3.8) is 0 Å². The molecule has 0 spiro atoms. The predicted octanol–water partition coefficient (Wildman–Crippen LogP) is 3.08. The molecule has 3 N–H and O–H groups in total. The number of halogens is 1. The first-order valence-corrected chi connectivity index (χ1v) is 13.0. The van der Waals surface area contributed by atoms with Crippen LogP contribution in [-0.2, 0) is 14.5 Å². The van der Waals surface area contributed by atoms with Gasteiger partial charge in [0.2, 0.25) is 5.78 Å². The van der Waals surface area contributed by atoms with Gasteiger partial charge in [-0.2, -0.15) is 13.5 Å². The molecule has 1 aliphatic carbocycles.